The number of carbonyl (C=O) groups is 2. The van der Waals surface area contributed by atoms with E-state index in [-0.39, 0.29) is 11.8 Å². The Morgan fingerprint density at radius 1 is 1.08 bits per heavy atom. The second-order valence-electron chi connectivity index (χ2n) is 7.38. The molecule has 140 valence electrons. The molecule has 0 atom stereocenters. The van der Waals surface area contributed by atoms with Crippen molar-refractivity contribution in [3.05, 3.63) is 23.0 Å². The van der Waals surface area contributed by atoms with Gasteiger partial charge in [-0.25, -0.2) is 0 Å². The number of carbonyl (C=O) groups excluding carboxylic acids is 2. The molecular weight excluding hydrogens is 314 g/mol. The molecule has 1 aliphatic rings. The van der Waals surface area contributed by atoms with Gasteiger partial charge in [0.15, 0.2) is 0 Å². The molecule has 1 saturated heterocycles. The van der Waals surface area contributed by atoms with Crippen molar-refractivity contribution in [2.24, 2.45) is 0 Å². The number of amides is 2. The smallest absolute Gasteiger partial charge is 0.255 e. The first-order valence-corrected chi connectivity index (χ1v) is 9.62. The van der Waals surface area contributed by atoms with Crippen LogP contribution in [-0.2, 0) is 4.79 Å². The number of aromatic nitrogens is 1. The highest BCUT2D eigenvalue weighted by molar-refractivity contribution is 5.95. The van der Waals surface area contributed by atoms with Crippen molar-refractivity contribution >= 4 is 11.8 Å². The summed E-state index contributed by atoms with van der Waals surface area (Å²) >= 11 is 0. The third kappa shape index (κ3) is 4.44. The maximum Gasteiger partial charge on any atom is 0.255 e. The van der Waals surface area contributed by atoms with Crippen LogP contribution in [0.2, 0.25) is 0 Å². The van der Waals surface area contributed by atoms with Gasteiger partial charge in [-0.1, -0.05) is 13.3 Å². The first-order valence-electron chi connectivity index (χ1n) is 9.62. The zero-order chi connectivity index (χ0) is 18.6. The fourth-order valence-corrected chi connectivity index (χ4v) is 3.81. The van der Waals surface area contributed by atoms with E-state index >= 15 is 0 Å². The van der Waals surface area contributed by atoms with Crippen molar-refractivity contribution in [2.45, 2.75) is 66.3 Å². The van der Waals surface area contributed by atoms with Crippen LogP contribution in [0.25, 0.3) is 0 Å². The maximum atomic E-state index is 13.0. The van der Waals surface area contributed by atoms with Crippen LogP contribution in [0.15, 0.2) is 6.07 Å². The molecule has 1 aliphatic heterocycles. The molecule has 0 N–H and O–H groups in total. The number of rotatable bonds is 5. The monoisotopic (exact) mass is 347 g/mol. The molecule has 5 heteroatoms. The summed E-state index contributed by atoms with van der Waals surface area (Å²) in [5.41, 5.74) is 2.97. The molecular formula is C20H33N3O2. The van der Waals surface area contributed by atoms with Gasteiger partial charge in [-0.3, -0.25) is 9.59 Å². The summed E-state index contributed by atoms with van der Waals surface area (Å²) < 4.78 is 2.21. The van der Waals surface area contributed by atoms with Crippen LogP contribution in [-0.4, -0.2) is 52.4 Å². The highest BCUT2D eigenvalue weighted by atomic mass is 16.2. The van der Waals surface area contributed by atoms with E-state index in [1.807, 2.05) is 22.8 Å². The predicted octanol–water partition coefficient (Wildman–Crippen LogP) is 3.55. The lowest BCUT2D eigenvalue weighted by Gasteiger charge is -2.22. The van der Waals surface area contributed by atoms with Gasteiger partial charge in [0.25, 0.3) is 5.91 Å². The van der Waals surface area contributed by atoms with Gasteiger partial charge in [-0.15, -0.1) is 0 Å². The number of aryl methyl sites for hydroxylation is 1. The molecule has 1 aromatic heterocycles. The number of unbranched alkanes of at least 4 members (excludes halogenated alkanes) is 1. The van der Waals surface area contributed by atoms with Gasteiger partial charge in [-0.2, -0.15) is 0 Å². The quantitative estimate of drug-likeness (QED) is 0.818. The summed E-state index contributed by atoms with van der Waals surface area (Å²) in [6, 6.07) is 2.35. The molecule has 0 aliphatic carbocycles. The molecule has 25 heavy (non-hydrogen) atoms. The van der Waals surface area contributed by atoms with Crippen molar-refractivity contribution in [3.8, 4) is 0 Å². The Balaban J connectivity index is 2.06. The van der Waals surface area contributed by atoms with Gasteiger partial charge >= 0.3 is 0 Å². The van der Waals surface area contributed by atoms with E-state index in [4.69, 9.17) is 0 Å². The van der Waals surface area contributed by atoms with Crippen molar-refractivity contribution in [2.75, 3.05) is 26.2 Å². The topological polar surface area (TPSA) is 45.6 Å². The number of hydrogen-bond acceptors (Lipinski definition) is 2. The number of hydrogen-bond donors (Lipinski definition) is 0. The van der Waals surface area contributed by atoms with Crippen molar-refractivity contribution in [1.29, 1.82) is 0 Å². The lowest BCUT2D eigenvalue weighted by atomic mass is 10.2. The van der Waals surface area contributed by atoms with Crippen LogP contribution in [0.4, 0.5) is 0 Å². The molecule has 5 nitrogen and oxygen atoms in total. The summed E-state index contributed by atoms with van der Waals surface area (Å²) in [5.74, 6) is 0.331. The Morgan fingerprint density at radius 3 is 2.32 bits per heavy atom. The molecule has 0 bridgehead atoms. The van der Waals surface area contributed by atoms with Gasteiger partial charge in [-0.05, 0) is 46.6 Å². The minimum atomic E-state index is 0.0999. The van der Waals surface area contributed by atoms with Crippen molar-refractivity contribution in [3.63, 3.8) is 0 Å². The van der Waals surface area contributed by atoms with Crippen molar-refractivity contribution < 1.29 is 9.59 Å². The molecule has 1 fully saturated rings. The average Bonchev–Trinajstić information content (AvgIpc) is 2.75. The molecule has 2 rings (SSSR count). The van der Waals surface area contributed by atoms with E-state index in [0.717, 1.165) is 49.3 Å². The Hall–Kier alpha value is -1.78. The molecule has 0 spiro atoms. The normalized spacial score (nSPS) is 15.6. The average molecular weight is 348 g/mol. The summed E-state index contributed by atoms with van der Waals surface area (Å²) in [6.07, 6.45) is 3.46. The Kier molecular flexibility index (Phi) is 6.68. The second-order valence-corrected chi connectivity index (χ2v) is 7.38. The highest BCUT2D eigenvalue weighted by Crippen LogP contribution is 2.22. The second kappa shape index (κ2) is 8.54. The number of nitrogens with zero attached hydrogens (tertiary/aromatic N) is 3. The van der Waals surface area contributed by atoms with Gasteiger partial charge in [0.2, 0.25) is 5.91 Å². The SMILES string of the molecule is CCCCC(=O)N1CCCN(C(=O)c2cc(C)n(C(C)C)c2C)CC1. The largest absolute Gasteiger partial charge is 0.346 e. The molecule has 0 saturated carbocycles. The van der Waals surface area contributed by atoms with Crippen LogP contribution >= 0.6 is 0 Å². The molecule has 0 radical (unpaired) electrons. The fourth-order valence-electron chi connectivity index (χ4n) is 3.81. The third-order valence-corrected chi connectivity index (χ3v) is 5.11. The van der Waals surface area contributed by atoms with Gasteiger partial charge in [0.1, 0.15) is 0 Å². The minimum absolute atomic E-state index is 0.0999. The van der Waals surface area contributed by atoms with Gasteiger partial charge in [0.05, 0.1) is 5.56 Å². The summed E-state index contributed by atoms with van der Waals surface area (Å²) in [4.78, 5) is 29.1. The zero-order valence-corrected chi connectivity index (χ0v) is 16.5. The Labute approximate surface area is 152 Å². The molecule has 2 amide bonds. The fraction of sp³-hybridized carbons (Fsp3) is 0.700. The van der Waals surface area contributed by atoms with Crippen LogP contribution in [0.3, 0.4) is 0 Å². The minimum Gasteiger partial charge on any atom is -0.346 e. The van der Waals surface area contributed by atoms with E-state index in [2.05, 4.69) is 32.3 Å². The maximum absolute atomic E-state index is 13.0. The van der Waals surface area contributed by atoms with Crippen LogP contribution in [0, 0.1) is 13.8 Å². The Bertz CT molecular complexity index is 619. The van der Waals surface area contributed by atoms with E-state index in [0.29, 0.717) is 25.6 Å². The summed E-state index contributed by atoms with van der Waals surface area (Å²) in [6.45, 7) is 13.2. The summed E-state index contributed by atoms with van der Waals surface area (Å²) in [7, 11) is 0. The molecule has 0 unspecified atom stereocenters. The van der Waals surface area contributed by atoms with E-state index in [9.17, 15) is 9.59 Å². The summed E-state index contributed by atoms with van der Waals surface area (Å²) in [5, 5.41) is 0. The lowest BCUT2D eigenvalue weighted by molar-refractivity contribution is -0.131. The van der Waals surface area contributed by atoms with Crippen LogP contribution in [0.1, 0.15) is 74.2 Å². The molecule has 0 aromatic carbocycles. The highest BCUT2D eigenvalue weighted by Gasteiger charge is 2.25. The zero-order valence-electron chi connectivity index (χ0n) is 16.5. The van der Waals surface area contributed by atoms with Crippen LogP contribution in [0.5, 0.6) is 0 Å². The van der Waals surface area contributed by atoms with E-state index < -0.39 is 0 Å². The first-order chi connectivity index (χ1) is 11.9. The van der Waals surface area contributed by atoms with E-state index in [1.165, 1.54) is 0 Å². The third-order valence-electron chi connectivity index (χ3n) is 5.11. The van der Waals surface area contributed by atoms with E-state index in [1.54, 1.807) is 0 Å². The first kappa shape index (κ1) is 19.5. The van der Waals surface area contributed by atoms with Crippen molar-refractivity contribution in [1.82, 2.24) is 14.4 Å². The van der Waals surface area contributed by atoms with Gasteiger partial charge < -0.3 is 14.4 Å². The molecule has 1 aromatic rings. The predicted molar refractivity (Wildman–Crippen MR) is 101 cm³/mol. The lowest BCUT2D eigenvalue weighted by Crippen LogP contribution is -2.37. The Morgan fingerprint density at radius 2 is 1.72 bits per heavy atom. The van der Waals surface area contributed by atoms with Crippen LogP contribution < -0.4 is 0 Å². The van der Waals surface area contributed by atoms with Gasteiger partial charge in [0, 0.05) is 50.0 Å². The standard InChI is InChI=1S/C20H33N3O2/c1-6-7-9-19(24)21-10-8-11-22(13-12-21)20(25)18-14-16(4)23(15(2)3)17(18)5/h14-15H,6-13H2,1-5H3. The molecule has 2 heterocycles.